The standard InChI is InChI=1S/C27H48N2O4S/c1-20-11-13-27(3)23(22(20)8-7-21-6-5-12-26(2,31)18-21)9-10-24(27)25(30)19-28-14-16-29(17-15-28)34(4,32)33/h20-24,31H,5-19H2,1-4H3/t20-,21+,22+,23-,24+,26+,27-/m0/s1. The summed E-state index contributed by atoms with van der Waals surface area (Å²) in [5.74, 6) is 3.23. The van der Waals surface area contributed by atoms with Crippen molar-refractivity contribution in [2.24, 2.45) is 35.0 Å². The molecule has 1 aliphatic heterocycles. The van der Waals surface area contributed by atoms with Crippen molar-refractivity contribution in [1.82, 2.24) is 9.21 Å². The molecule has 0 aromatic carbocycles. The predicted molar refractivity (Wildman–Crippen MR) is 136 cm³/mol. The SMILES string of the molecule is C[C@H]1CC[C@]2(C)[C@@H](C(=O)CN3CCN(S(C)(=O)=O)CC3)CC[C@H]2[C@@H]1CC[C@H]1CCC[C@@](C)(O)C1. The highest BCUT2D eigenvalue weighted by Gasteiger charge is 2.54. The third-order valence-electron chi connectivity index (χ3n) is 10.3. The Morgan fingerprint density at radius 3 is 2.35 bits per heavy atom. The zero-order chi connectivity index (χ0) is 24.7. The van der Waals surface area contributed by atoms with Gasteiger partial charge in [0.05, 0.1) is 18.4 Å². The largest absolute Gasteiger partial charge is 0.390 e. The van der Waals surface area contributed by atoms with Gasteiger partial charge in [-0.25, -0.2) is 8.42 Å². The fourth-order valence-corrected chi connectivity index (χ4v) is 9.14. The number of carbonyl (C=O) groups excluding carboxylic acids is 1. The summed E-state index contributed by atoms with van der Waals surface area (Å²) < 4.78 is 25.1. The first-order chi connectivity index (χ1) is 15.9. The van der Waals surface area contributed by atoms with E-state index in [0.29, 0.717) is 56.3 Å². The normalized spacial score (nSPS) is 42.4. The van der Waals surface area contributed by atoms with Crippen molar-refractivity contribution in [1.29, 1.82) is 0 Å². The van der Waals surface area contributed by atoms with Crippen LogP contribution in [0.2, 0.25) is 0 Å². The molecule has 1 N–H and O–H groups in total. The fraction of sp³-hybridized carbons (Fsp3) is 0.963. The third kappa shape index (κ3) is 5.73. The van der Waals surface area contributed by atoms with Gasteiger partial charge in [0, 0.05) is 32.1 Å². The summed E-state index contributed by atoms with van der Waals surface area (Å²) in [5.41, 5.74) is -0.367. The monoisotopic (exact) mass is 496 g/mol. The Labute approximate surface area is 207 Å². The molecule has 0 spiro atoms. The van der Waals surface area contributed by atoms with Crippen LogP contribution < -0.4 is 0 Å². The summed E-state index contributed by atoms with van der Waals surface area (Å²) in [6, 6.07) is 0. The zero-order valence-corrected chi connectivity index (χ0v) is 22.8. The van der Waals surface area contributed by atoms with Crippen LogP contribution in [0, 0.1) is 35.0 Å². The van der Waals surface area contributed by atoms with E-state index in [1.165, 1.54) is 42.7 Å². The van der Waals surface area contributed by atoms with Gasteiger partial charge in [-0.05, 0) is 81.0 Å². The highest BCUT2D eigenvalue weighted by Crippen LogP contribution is 2.60. The molecule has 34 heavy (non-hydrogen) atoms. The minimum absolute atomic E-state index is 0.112. The van der Waals surface area contributed by atoms with Crippen LogP contribution in [0.3, 0.4) is 0 Å². The minimum Gasteiger partial charge on any atom is -0.390 e. The Kier molecular flexibility index (Phi) is 7.89. The van der Waals surface area contributed by atoms with Crippen LogP contribution in [-0.2, 0) is 14.8 Å². The van der Waals surface area contributed by atoms with Gasteiger partial charge >= 0.3 is 0 Å². The number of hydrogen-bond donors (Lipinski definition) is 1. The lowest BCUT2D eigenvalue weighted by Gasteiger charge is -2.48. The molecule has 1 heterocycles. The molecule has 6 nitrogen and oxygen atoms in total. The maximum Gasteiger partial charge on any atom is 0.211 e. The Morgan fingerprint density at radius 2 is 1.71 bits per heavy atom. The lowest BCUT2D eigenvalue weighted by atomic mass is 9.56. The van der Waals surface area contributed by atoms with Gasteiger partial charge in [-0.3, -0.25) is 9.69 Å². The molecular weight excluding hydrogens is 448 g/mol. The van der Waals surface area contributed by atoms with Gasteiger partial charge < -0.3 is 5.11 Å². The molecule has 196 valence electrons. The summed E-state index contributed by atoms with van der Waals surface area (Å²) in [6.45, 7) is 9.59. The molecule has 0 unspecified atom stereocenters. The smallest absolute Gasteiger partial charge is 0.211 e. The highest BCUT2D eigenvalue weighted by atomic mass is 32.2. The summed E-state index contributed by atoms with van der Waals surface area (Å²) in [7, 11) is -3.14. The lowest BCUT2D eigenvalue weighted by molar-refractivity contribution is -0.129. The molecule has 3 aliphatic carbocycles. The van der Waals surface area contributed by atoms with E-state index in [1.807, 2.05) is 6.92 Å². The van der Waals surface area contributed by atoms with Crippen LogP contribution in [0.5, 0.6) is 0 Å². The molecule has 0 aromatic heterocycles. The van der Waals surface area contributed by atoms with Gasteiger partial charge in [-0.15, -0.1) is 0 Å². The minimum atomic E-state index is -3.14. The first-order valence-electron chi connectivity index (χ1n) is 13.8. The fourth-order valence-electron chi connectivity index (χ4n) is 8.31. The second kappa shape index (κ2) is 10.1. The number of fused-ring (bicyclic) bond motifs is 1. The Balaban J connectivity index is 1.34. The van der Waals surface area contributed by atoms with E-state index in [1.54, 1.807) is 0 Å². The van der Waals surface area contributed by atoms with E-state index < -0.39 is 15.6 Å². The number of nitrogens with zero attached hydrogens (tertiary/aromatic N) is 2. The predicted octanol–water partition coefficient (Wildman–Crippen LogP) is 3.93. The molecule has 1 saturated heterocycles. The molecule has 4 fully saturated rings. The zero-order valence-electron chi connectivity index (χ0n) is 22.0. The van der Waals surface area contributed by atoms with E-state index in [-0.39, 0.29) is 11.3 Å². The lowest BCUT2D eigenvalue weighted by Crippen LogP contribution is -2.51. The summed E-state index contributed by atoms with van der Waals surface area (Å²) >= 11 is 0. The van der Waals surface area contributed by atoms with Crippen molar-refractivity contribution >= 4 is 15.8 Å². The molecule has 7 atom stereocenters. The van der Waals surface area contributed by atoms with Crippen molar-refractivity contribution in [3.05, 3.63) is 0 Å². The number of sulfonamides is 1. The van der Waals surface area contributed by atoms with Crippen molar-refractivity contribution in [2.75, 3.05) is 39.0 Å². The average molecular weight is 497 g/mol. The molecule has 0 amide bonds. The molecule has 0 bridgehead atoms. The van der Waals surface area contributed by atoms with E-state index in [4.69, 9.17) is 0 Å². The molecule has 0 aromatic rings. The Morgan fingerprint density at radius 1 is 1.00 bits per heavy atom. The quantitative estimate of drug-likeness (QED) is 0.578. The highest BCUT2D eigenvalue weighted by molar-refractivity contribution is 7.88. The van der Waals surface area contributed by atoms with Crippen LogP contribution in [0.4, 0.5) is 0 Å². The molecule has 4 rings (SSSR count). The number of rotatable bonds is 7. The number of carbonyl (C=O) groups is 1. The third-order valence-corrected chi connectivity index (χ3v) is 11.6. The number of Topliss-reactive ketones (excluding diaryl/α,β-unsaturated/α-hetero) is 1. The molecule has 3 saturated carbocycles. The average Bonchev–Trinajstić information content (AvgIpc) is 3.10. The van der Waals surface area contributed by atoms with E-state index in [2.05, 4.69) is 18.7 Å². The van der Waals surface area contributed by atoms with Crippen LogP contribution in [0.25, 0.3) is 0 Å². The maximum atomic E-state index is 13.5. The number of piperazine rings is 1. The topological polar surface area (TPSA) is 77.9 Å². The van der Waals surface area contributed by atoms with Gasteiger partial charge in [0.2, 0.25) is 10.0 Å². The number of hydrogen-bond acceptors (Lipinski definition) is 5. The van der Waals surface area contributed by atoms with Crippen LogP contribution in [-0.4, -0.2) is 73.1 Å². The number of ketones is 1. The van der Waals surface area contributed by atoms with Crippen LogP contribution in [0.15, 0.2) is 0 Å². The Bertz CT molecular complexity index is 836. The van der Waals surface area contributed by atoms with E-state index in [0.717, 1.165) is 38.0 Å². The first-order valence-corrected chi connectivity index (χ1v) is 15.7. The molecule has 7 heteroatoms. The second-order valence-electron chi connectivity index (χ2n) is 12.9. The summed E-state index contributed by atoms with van der Waals surface area (Å²) in [4.78, 5) is 15.7. The summed E-state index contributed by atoms with van der Waals surface area (Å²) in [6.07, 6.45) is 12.6. The van der Waals surface area contributed by atoms with Crippen molar-refractivity contribution in [2.45, 2.75) is 90.6 Å². The van der Waals surface area contributed by atoms with Crippen molar-refractivity contribution < 1.29 is 18.3 Å². The van der Waals surface area contributed by atoms with Crippen molar-refractivity contribution in [3.8, 4) is 0 Å². The van der Waals surface area contributed by atoms with Crippen molar-refractivity contribution in [3.63, 3.8) is 0 Å². The van der Waals surface area contributed by atoms with Gasteiger partial charge in [-0.2, -0.15) is 4.31 Å². The van der Waals surface area contributed by atoms with Gasteiger partial charge in [0.1, 0.15) is 5.78 Å². The van der Waals surface area contributed by atoms with Gasteiger partial charge in [-0.1, -0.05) is 33.1 Å². The molecular formula is C27H48N2O4S. The number of aliphatic hydroxyl groups is 1. The first kappa shape index (κ1) is 26.6. The van der Waals surface area contributed by atoms with Crippen LogP contribution >= 0.6 is 0 Å². The second-order valence-corrected chi connectivity index (χ2v) is 14.8. The maximum absolute atomic E-state index is 13.5. The molecule has 0 radical (unpaired) electrons. The van der Waals surface area contributed by atoms with Gasteiger partial charge in [0.25, 0.3) is 0 Å². The van der Waals surface area contributed by atoms with Crippen LogP contribution in [0.1, 0.15) is 85.0 Å². The van der Waals surface area contributed by atoms with Gasteiger partial charge in [0.15, 0.2) is 0 Å². The Hall–Kier alpha value is -0.500. The summed E-state index contributed by atoms with van der Waals surface area (Å²) in [5, 5.41) is 10.5. The van der Waals surface area contributed by atoms with E-state index >= 15 is 0 Å². The van der Waals surface area contributed by atoms with E-state index in [9.17, 15) is 18.3 Å². The molecule has 4 aliphatic rings.